The van der Waals surface area contributed by atoms with Gasteiger partial charge in [-0.15, -0.1) is 0 Å². The van der Waals surface area contributed by atoms with Gasteiger partial charge in [-0.25, -0.2) is 4.98 Å². The summed E-state index contributed by atoms with van der Waals surface area (Å²) < 4.78 is 0. The molecule has 0 fully saturated rings. The largest absolute Gasteiger partial charge is 0.305 e. The van der Waals surface area contributed by atoms with E-state index in [0.717, 1.165) is 29.1 Å². The van der Waals surface area contributed by atoms with E-state index >= 15 is 0 Å². The first-order valence-electron chi connectivity index (χ1n) is 9.57. The van der Waals surface area contributed by atoms with Gasteiger partial charge in [0.15, 0.2) is 0 Å². The van der Waals surface area contributed by atoms with Crippen molar-refractivity contribution in [1.29, 1.82) is 0 Å². The second-order valence-electron chi connectivity index (χ2n) is 7.22. The summed E-state index contributed by atoms with van der Waals surface area (Å²) in [6.45, 7) is 0.830. The molecular weight excluding hydrogens is 340 g/mol. The van der Waals surface area contributed by atoms with Crippen molar-refractivity contribution in [2.45, 2.75) is 6.54 Å². The molecule has 0 atom stereocenters. The average Bonchev–Trinajstić information content (AvgIpc) is 2.75. The Morgan fingerprint density at radius 1 is 0.643 bits per heavy atom. The number of nitrogens with zero attached hydrogens (tertiary/aromatic N) is 2. The van der Waals surface area contributed by atoms with Gasteiger partial charge in [-0.05, 0) is 31.3 Å². The van der Waals surface area contributed by atoms with Gasteiger partial charge < -0.3 is 4.90 Å². The van der Waals surface area contributed by atoms with Gasteiger partial charge in [0.25, 0.3) is 0 Å². The van der Waals surface area contributed by atoms with Crippen LogP contribution < -0.4 is 0 Å². The molecule has 0 radical (unpaired) electrons. The predicted molar refractivity (Wildman–Crippen MR) is 118 cm³/mol. The van der Waals surface area contributed by atoms with Gasteiger partial charge in [-0.2, -0.15) is 0 Å². The summed E-state index contributed by atoms with van der Waals surface area (Å²) in [5.74, 6) is 0. The van der Waals surface area contributed by atoms with Crippen LogP contribution in [0.4, 0.5) is 0 Å². The molecular formula is C26H24N2. The van der Waals surface area contributed by atoms with Crippen LogP contribution >= 0.6 is 0 Å². The fourth-order valence-corrected chi connectivity index (χ4v) is 3.51. The van der Waals surface area contributed by atoms with Gasteiger partial charge in [0.2, 0.25) is 0 Å². The maximum Gasteiger partial charge on any atom is 0.0760 e. The van der Waals surface area contributed by atoms with Gasteiger partial charge in [0, 0.05) is 23.2 Å². The molecule has 0 unspecified atom stereocenters. The highest BCUT2D eigenvalue weighted by Gasteiger charge is 2.17. The van der Waals surface area contributed by atoms with Crippen LogP contribution in [0, 0.1) is 0 Å². The Labute approximate surface area is 167 Å². The molecule has 0 N–H and O–H groups in total. The molecule has 0 saturated heterocycles. The normalized spacial score (nSPS) is 11.0. The third-order valence-electron chi connectivity index (χ3n) is 4.80. The lowest BCUT2D eigenvalue weighted by Gasteiger charge is -2.20. The van der Waals surface area contributed by atoms with E-state index in [2.05, 4.69) is 104 Å². The molecule has 0 bridgehead atoms. The van der Waals surface area contributed by atoms with Gasteiger partial charge >= 0.3 is 0 Å². The Bertz CT molecular complexity index is 979. The van der Waals surface area contributed by atoms with Crippen LogP contribution in [0.3, 0.4) is 0 Å². The van der Waals surface area contributed by atoms with Crippen molar-refractivity contribution in [3.05, 3.63) is 103 Å². The van der Waals surface area contributed by atoms with Crippen molar-refractivity contribution in [1.82, 2.24) is 9.88 Å². The summed E-state index contributed by atoms with van der Waals surface area (Å²) in [5, 5.41) is 0. The summed E-state index contributed by atoms with van der Waals surface area (Å²) >= 11 is 0. The first-order valence-corrected chi connectivity index (χ1v) is 9.57. The maximum atomic E-state index is 5.13. The molecule has 0 spiro atoms. The molecule has 0 aliphatic rings. The summed E-state index contributed by atoms with van der Waals surface area (Å²) in [6.07, 6.45) is 0. The zero-order chi connectivity index (χ0) is 19.3. The van der Waals surface area contributed by atoms with Crippen molar-refractivity contribution in [2.24, 2.45) is 0 Å². The minimum atomic E-state index is 0.830. The number of rotatable bonds is 5. The average molecular weight is 364 g/mol. The van der Waals surface area contributed by atoms with E-state index in [1.54, 1.807) is 0 Å². The van der Waals surface area contributed by atoms with Crippen LogP contribution in [0.25, 0.3) is 33.6 Å². The molecule has 0 amide bonds. The molecule has 1 aromatic heterocycles. The van der Waals surface area contributed by atoms with E-state index in [-0.39, 0.29) is 0 Å². The summed E-state index contributed by atoms with van der Waals surface area (Å²) in [7, 11) is 4.21. The minimum Gasteiger partial charge on any atom is -0.305 e. The highest BCUT2D eigenvalue weighted by atomic mass is 15.1. The SMILES string of the molecule is CN(C)Cc1c(-c2ccccc2)cc(-c2ccccc2)nc1-c1ccccc1. The van der Waals surface area contributed by atoms with Gasteiger partial charge in [-0.3, -0.25) is 0 Å². The lowest BCUT2D eigenvalue weighted by Crippen LogP contribution is -2.13. The highest BCUT2D eigenvalue weighted by molar-refractivity contribution is 5.80. The van der Waals surface area contributed by atoms with Crippen molar-refractivity contribution < 1.29 is 0 Å². The molecule has 4 aromatic rings. The van der Waals surface area contributed by atoms with Crippen molar-refractivity contribution >= 4 is 0 Å². The molecule has 1 heterocycles. The minimum absolute atomic E-state index is 0.830. The number of hydrogen-bond acceptors (Lipinski definition) is 2. The number of hydrogen-bond donors (Lipinski definition) is 0. The van der Waals surface area contributed by atoms with Crippen molar-refractivity contribution in [3.63, 3.8) is 0 Å². The molecule has 2 nitrogen and oxygen atoms in total. The molecule has 0 saturated carbocycles. The Morgan fingerprint density at radius 3 is 1.68 bits per heavy atom. The summed E-state index contributed by atoms with van der Waals surface area (Å²) in [5.41, 5.74) is 8.04. The zero-order valence-corrected chi connectivity index (χ0v) is 16.3. The van der Waals surface area contributed by atoms with E-state index < -0.39 is 0 Å². The predicted octanol–water partition coefficient (Wildman–Crippen LogP) is 6.14. The highest BCUT2D eigenvalue weighted by Crippen LogP contribution is 2.35. The van der Waals surface area contributed by atoms with Gasteiger partial charge in [0.05, 0.1) is 11.4 Å². The maximum absolute atomic E-state index is 5.13. The van der Waals surface area contributed by atoms with E-state index in [1.165, 1.54) is 16.7 Å². The Balaban J connectivity index is 2.02. The standard InChI is InChI=1S/C26H24N2/c1-28(2)19-24-23(20-12-6-3-7-13-20)18-25(21-14-8-4-9-15-21)27-26(24)22-16-10-5-11-17-22/h3-18H,19H2,1-2H3. The molecule has 4 rings (SSSR count). The molecule has 3 aromatic carbocycles. The van der Waals surface area contributed by atoms with E-state index in [1.807, 2.05) is 12.1 Å². The van der Waals surface area contributed by atoms with Crippen LogP contribution in [0.1, 0.15) is 5.56 Å². The monoisotopic (exact) mass is 364 g/mol. The van der Waals surface area contributed by atoms with Crippen LogP contribution in [-0.4, -0.2) is 24.0 Å². The number of aromatic nitrogens is 1. The smallest absolute Gasteiger partial charge is 0.0760 e. The zero-order valence-electron chi connectivity index (χ0n) is 16.3. The Kier molecular flexibility index (Phi) is 5.31. The van der Waals surface area contributed by atoms with Crippen molar-refractivity contribution in [3.8, 4) is 33.6 Å². The van der Waals surface area contributed by atoms with Crippen LogP contribution in [0.2, 0.25) is 0 Å². The van der Waals surface area contributed by atoms with Crippen LogP contribution in [0.15, 0.2) is 97.1 Å². The number of pyridine rings is 1. The lowest BCUT2D eigenvalue weighted by atomic mass is 9.93. The Morgan fingerprint density at radius 2 is 1.14 bits per heavy atom. The van der Waals surface area contributed by atoms with Crippen LogP contribution in [-0.2, 0) is 6.54 Å². The molecule has 28 heavy (non-hydrogen) atoms. The van der Waals surface area contributed by atoms with E-state index in [9.17, 15) is 0 Å². The first kappa shape index (κ1) is 18.1. The van der Waals surface area contributed by atoms with Crippen molar-refractivity contribution in [2.75, 3.05) is 14.1 Å². The Hall–Kier alpha value is -3.23. The second-order valence-corrected chi connectivity index (χ2v) is 7.22. The molecule has 0 aliphatic heterocycles. The van der Waals surface area contributed by atoms with E-state index in [0.29, 0.717) is 0 Å². The summed E-state index contributed by atoms with van der Waals surface area (Å²) in [4.78, 5) is 7.33. The van der Waals surface area contributed by atoms with Crippen LogP contribution in [0.5, 0.6) is 0 Å². The third kappa shape index (κ3) is 3.88. The lowest BCUT2D eigenvalue weighted by molar-refractivity contribution is 0.403. The topological polar surface area (TPSA) is 16.1 Å². The quantitative estimate of drug-likeness (QED) is 0.422. The second kappa shape index (κ2) is 8.20. The molecule has 138 valence electrons. The molecule has 0 aliphatic carbocycles. The van der Waals surface area contributed by atoms with E-state index in [4.69, 9.17) is 4.98 Å². The fourth-order valence-electron chi connectivity index (χ4n) is 3.51. The first-order chi connectivity index (χ1) is 13.7. The summed E-state index contributed by atoms with van der Waals surface area (Å²) in [6, 6.07) is 33.8. The van der Waals surface area contributed by atoms with Gasteiger partial charge in [0.1, 0.15) is 0 Å². The third-order valence-corrected chi connectivity index (χ3v) is 4.80. The molecule has 2 heteroatoms. The number of benzene rings is 3. The fraction of sp³-hybridized carbons (Fsp3) is 0.115. The van der Waals surface area contributed by atoms with Gasteiger partial charge in [-0.1, -0.05) is 91.0 Å².